The van der Waals surface area contributed by atoms with Gasteiger partial charge in [0.1, 0.15) is 0 Å². The van der Waals surface area contributed by atoms with Crippen molar-refractivity contribution in [3.63, 3.8) is 0 Å². The van der Waals surface area contributed by atoms with Gasteiger partial charge < -0.3 is 5.32 Å². The molecular formula is C18H29NS. The van der Waals surface area contributed by atoms with Crippen LogP contribution in [0.2, 0.25) is 0 Å². The SMILES string of the molecule is CCCNC(CSC(C)C)c1cccc(C2CCC2)c1. The van der Waals surface area contributed by atoms with E-state index in [0.717, 1.165) is 12.5 Å². The fourth-order valence-corrected chi connectivity index (χ4v) is 3.54. The van der Waals surface area contributed by atoms with Crippen molar-refractivity contribution in [2.75, 3.05) is 12.3 Å². The third-order valence-electron chi connectivity index (χ3n) is 4.13. The van der Waals surface area contributed by atoms with E-state index in [0.29, 0.717) is 11.3 Å². The lowest BCUT2D eigenvalue weighted by molar-refractivity contribution is 0.419. The van der Waals surface area contributed by atoms with Gasteiger partial charge in [-0.25, -0.2) is 0 Å². The first-order valence-electron chi connectivity index (χ1n) is 8.15. The Balaban J connectivity index is 2.05. The number of thioether (sulfide) groups is 1. The Morgan fingerprint density at radius 3 is 2.70 bits per heavy atom. The van der Waals surface area contributed by atoms with Crippen molar-refractivity contribution in [2.24, 2.45) is 0 Å². The van der Waals surface area contributed by atoms with Crippen LogP contribution >= 0.6 is 11.8 Å². The van der Waals surface area contributed by atoms with Gasteiger partial charge in [-0.1, -0.05) is 51.5 Å². The zero-order chi connectivity index (χ0) is 14.4. The average molecular weight is 292 g/mol. The van der Waals surface area contributed by atoms with Crippen molar-refractivity contribution in [1.29, 1.82) is 0 Å². The minimum Gasteiger partial charge on any atom is -0.309 e. The zero-order valence-corrected chi connectivity index (χ0v) is 14.0. The van der Waals surface area contributed by atoms with Crippen molar-refractivity contribution >= 4 is 11.8 Å². The highest BCUT2D eigenvalue weighted by Gasteiger charge is 2.20. The van der Waals surface area contributed by atoms with Crippen LogP contribution in [0.5, 0.6) is 0 Å². The summed E-state index contributed by atoms with van der Waals surface area (Å²) in [6.07, 6.45) is 5.38. The Hall–Kier alpha value is -0.470. The number of hydrogen-bond donors (Lipinski definition) is 1. The van der Waals surface area contributed by atoms with Crippen LogP contribution in [-0.2, 0) is 0 Å². The fraction of sp³-hybridized carbons (Fsp3) is 0.667. The Bertz CT molecular complexity index is 398. The molecule has 0 aromatic heterocycles. The molecule has 1 aromatic rings. The minimum atomic E-state index is 0.502. The Labute approximate surface area is 128 Å². The second kappa shape index (κ2) is 8.09. The molecule has 1 unspecified atom stereocenters. The molecule has 0 heterocycles. The lowest BCUT2D eigenvalue weighted by atomic mass is 9.79. The van der Waals surface area contributed by atoms with Gasteiger partial charge in [0.15, 0.2) is 0 Å². The lowest BCUT2D eigenvalue weighted by Crippen LogP contribution is -2.25. The number of hydrogen-bond acceptors (Lipinski definition) is 2. The van der Waals surface area contributed by atoms with Gasteiger partial charge in [0.2, 0.25) is 0 Å². The molecule has 0 bridgehead atoms. The third kappa shape index (κ3) is 4.53. The summed E-state index contributed by atoms with van der Waals surface area (Å²) in [5.41, 5.74) is 3.04. The quantitative estimate of drug-likeness (QED) is 0.712. The van der Waals surface area contributed by atoms with Gasteiger partial charge in [-0.05, 0) is 48.1 Å². The van der Waals surface area contributed by atoms with E-state index in [1.807, 2.05) is 0 Å². The fourth-order valence-electron chi connectivity index (χ4n) is 2.65. The molecule has 1 aliphatic rings. The second-order valence-electron chi connectivity index (χ2n) is 6.19. The summed E-state index contributed by atoms with van der Waals surface area (Å²) in [6, 6.07) is 9.83. The Kier molecular flexibility index (Phi) is 6.44. The summed E-state index contributed by atoms with van der Waals surface area (Å²) in [5, 5.41) is 4.43. The molecule has 0 spiro atoms. The van der Waals surface area contributed by atoms with Crippen LogP contribution in [0.15, 0.2) is 24.3 Å². The Morgan fingerprint density at radius 2 is 2.10 bits per heavy atom. The van der Waals surface area contributed by atoms with E-state index in [1.165, 1.54) is 37.0 Å². The molecule has 2 heteroatoms. The summed E-state index contributed by atoms with van der Waals surface area (Å²) < 4.78 is 0. The first kappa shape index (κ1) is 15.9. The van der Waals surface area contributed by atoms with Crippen molar-refractivity contribution in [3.8, 4) is 0 Å². The highest BCUT2D eigenvalue weighted by molar-refractivity contribution is 7.99. The van der Waals surface area contributed by atoms with E-state index < -0.39 is 0 Å². The van der Waals surface area contributed by atoms with Crippen LogP contribution in [0.3, 0.4) is 0 Å². The largest absolute Gasteiger partial charge is 0.309 e. The predicted octanol–water partition coefficient (Wildman–Crippen LogP) is 5.14. The van der Waals surface area contributed by atoms with E-state index in [4.69, 9.17) is 0 Å². The van der Waals surface area contributed by atoms with Crippen LogP contribution in [0.4, 0.5) is 0 Å². The first-order chi connectivity index (χ1) is 9.70. The molecule has 0 saturated heterocycles. The van der Waals surface area contributed by atoms with Gasteiger partial charge in [-0.15, -0.1) is 0 Å². The molecule has 1 aliphatic carbocycles. The maximum Gasteiger partial charge on any atom is 0.0412 e. The number of benzene rings is 1. The number of rotatable bonds is 8. The second-order valence-corrected chi connectivity index (χ2v) is 7.80. The van der Waals surface area contributed by atoms with Gasteiger partial charge in [0.05, 0.1) is 0 Å². The monoisotopic (exact) mass is 291 g/mol. The van der Waals surface area contributed by atoms with Crippen LogP contribution in [0.25, 0.3) is 0 Å². The summed E-state index contributed by atoms with van der Waals surface area (Å²) in [5.74, 6) is 2.01. The minimum absolute atomic E-state index is 0.502. The molecule has 1 aromatic carbocycles. The van der Waals surface area contributed by atoms with E-state index in [2.05, 4.69) is 62.1 Å². The molecule has 1 saturated carbocycles. The zero-order valence-electron chi connectivity index (χ0n) is 13.2. The van der Waals surface area contributed by atoms with Crippen LogP contribution in [0, 0.1) is 0 Å². The highest BCUT2D eigenvalue weighted by atomic mass is 32.2. The molecule has 1 nitrogen and oxygen atoms in total. The van der Waals surface area contributed by atoms with Crippen molar-refractivity contribution in [2.45, 2.75) is 63.7 Å². The maximum atomic E-state index is 3.72. The number of nitrogens with one attached hydrogen (secondary N) is 1. The lowest BCUT2D eigenvalue weighted by Gasteiger charge is -2.27. The molecule has 1 N–H and O–H groups in total. The van der Waals surface area contributed by atoms with Crippen LogP contribution < -0.4 is 5.32 Å². The van der Waals surface area contributed by atoms with E-state index in [1.54, 1.807) is 5.56 Å². The standard InChI is InChI=1S/C18H29NS/c1-4-11-19-18(13-20-14(2)3)17-10-6-9-16(12-17)15-7-5-8-15/h6,9-10,12,14-15,18-19H,4-5,7-8,11,13H2,1-3H3. The van der Waals surface area contributed by atoms with Crippen LogP contribution in [-0.4, -0.2) is 17.5 Å². The van der Waals surface area contributed by atoms with Gasteiger partial charge >= 0.3 is 0 Å². The predicted molar refractivity (Wildman–Crippen MR) is 91.7 cm³/mol. The molecule has 0 radical (unpaired) electrons. The van der Waals surface area contributed by atoms with Crippen molar-refractivity contribution < 1.29 is 0 Å². The topological polar surface area (TPSA) is 12.0 Å². The molecule has 1 fully saturated rings. The summed E-state index contributed by atoms with van der Waals surface area (Å²) >= 11 is 2.06. The van der Waals surface area contributed by atoms with Crippen LogP contribution in [0.1, 0.15) is 69.5 Å². The smallest absolute Gasteiger partial charge is 0.0412 e. The van der Waals surface area contributed by atoms with E-state index in [-0.39, 0.29) is 0 Å². The van der Waals surface area contributed by atoms with Crippen molar-refractivity contribution in [3.05, 3.63) is 35.4 Å². The summed E-state index contributed by atoms with van der Waals surface area (Å²) in [4.78, 5) is 0. The maximum absolute atomic E-state index is 3.72. The average Bonchev–Trinajstić information content (AvgIpc) is 2.37. The van der Waals surface area contributed by atoms with E-state index >= 15 is 0 Å². The molecule has 112 valence electrons. The molecule has 0 amide bonds. The summed E-state index contributed by atoms with van der Waals surface area (Å²) in [7, 11) is 0. The molecule has 2 rings (SSSR count). The third-order valence-corrected chi connectivity index (χ3v) is 5.32. The molecule has 0 aliphatic heterocycles. The van der Waals surface area contributed by atoms with E-state index in [9.17, 15) is 0 Å². The van der Waals surface area contributed by atoms with Gasteiger partial charge in [-0.3, -0.25) is 0 Å². The van der Waals surface area contributed by atoms with Gasteiger partial charge in [0.25, 0.3) is 0 Å². The molecule has 20 heavy (non-hydrogen) atoms. The van der Waals surface area contributed by atoms with Crippen molar-refractivity contribution in [1.82, 2.24) is 5.32 Å². The van der Waals surface area contributed by atoms with Gasteiger partial charge in [0, 0.05) is 11.8 Å². The Morgan fingerprint density at radius 1 is 1.30 bits per heavy atom. The molecular weight excluding hydrogens is 262 g/mol. The first-order valence-corrected chi connectivity index (χ1v) is 9.20. The normalized spacial score (nSPS) is 17.2. The summed E-state index contributed by atoms with van der Waals surface area (Å²) in [6.45, 7) is 7.92. The van der Waals surface area contributed by atoms with Gasteiger partial charge in [-0.2, -0.15) is 11.8 Å². The highest BCUT2D eigenvalue weighted by Crippen LogP contribution is 2.37. The molecule has 1 atom stereocenters.